The van der Waals surface area contributed by atoms with Gasteiger partial charge in [-0.2, -0.15) is 0 Å². The Morgan fingerprint density at radius 1 is 1.25 bits per heavy atom. The molecule has 0 unspecified atom stereocenters. The summed E-state index contributed by atoms with van der Waals surface area (Å²) in [6.07, 6.45) is 3.32. The minimum absolute atomic E-state index is 0.253. The average Bonchev–Trinajstić information content (AvgIpc) is 2.54. The second-order valence-corrected chi connectivity index (χ2v) is 5.74. The molecule has 0 heterocycles. The molecular weight excluding hydrogens is 347 g/mol. The van der Waals surface area contributed by atoms with Crippen molar-refractivity contribution in [2.45, 2.75) is 20.3 Å². The predicted molar refractivity (Wildman–Crippen MR) is 101 cm³/mol. The minimum Gasteiger partial charge on any atom is -0.404 e. The molecule has 0 saturated heterocycles. The zero-order valence-corrected chi connectivity index (χ0v) is 15.5. The summed E-state index contributed by atoms with van der Waals surface area (Å²) in [5, 5.41) is 1.03. The van der Waals surface area contributed by atoms with Crippen LogP contribution in [-0.4, -0.2) is 19.1 Å². The van der Waals surface area contributed by atoms with Crippen LogP contribution in [0.15, 0.2) is 47.7 Å². The molecule has 4 N–H and O–H groups in total. The van der Waals surface area contributed by atoms with Crippen molar-refractivity contribution in [3.8, 4) is 0 Å². The standard InChI is InChI=1S/C17H17Cl2NO2.CH5N/c1-10(2)14(8-20)17(22)7-13(9-21)4-12-5-15(18)11(3)16(19)6-12;1-2/h5-9H,1,4,20H2,2-3H3;2H2,1H3/b13-7-,14-8+;. The first-order chi connectivity index (χ1) is 11.3. The molecule has 4 nitrogen and oxygen atoms in total. The molecule has 0 atom stereocenters. The smallest absolute Gasteiger partial charge is 0.187 e. The molecule has 1 aromatic rings. The molecule has 0 aliphatic carbocycles. The molecule has 0 bridgehead atoms. The van der Waals surface area contributed by atoms with Crippen molar-refractivity contribution in [1.82, 2.24) is 0 Å². The van der Waals surface area contributed by atoms with Crippen LogP contribution in [0.25, 0.3) is 0 Å². The van der Waals surface area contributed by atoms with Crippen LogP contribution in [0.5, 0.6) is 0 Å². The van der Waals surface area contributed by atoms with Gasteiger partial charge in [-0.05, 0) is 55.8 Å². The molecule has 0 spiro atoms. The number of hydrogen-bond donors (Lipinski definition) is 2. The highest BCUT2D eigenvalue weighted by molar-refractivity contribution is 6.36. The summed E-state index contributed by atoms with van der Waals surface area (Å²) in [4.78, 5) is 23.3. The van der Waals surface area contributed by atoms with Gasteiger partial charge in [0.15, 0.2) is 5.78 Å². The Labute approximate surface area is 152 Å². The van der Waals surface area contributed by atoms with Gasteiger partial charge in [-0.15, -0.1) is 0 Å². The van der Waals surface area contributed by atoms with Gasteiger partial charge in [0.25, 0.3) is 0 Å². The Morgan fingerprint density at radius 2 is 1.75 bits per heavy atom. The third-order valence-electron chi connectivity index (χ3n) is 3.11. The molecule has 1 aromatic carbocycles. The van der Waals surface area contributed by atoms with Crippen LogP contribution in [0.1, 0.15) is 18.1 Å². The van der Waals surface area contributed by atoms with Crippen LogP contribution >= 0.6 is 23.2 Å². The maximum atomic E-state index is 12.1. The SMILES string of the molecule is C=C(C)/C(=C\N)C(=O)/C=C(\C=O)Cc1cc(Cl)c(C)c(Cl)c1.CN. The molecule has 0 radical (unpaired) electrons. The largest absolute Gasteiger partial charge is 0.404 e. The molecule has 24 heavy (non-hydrogen) atoms. The van der Waals surface area contributed by atoms with E-state index in [0.717, 1.165) is 11.1 Å². The zero-order chi connectivity index (χ0) is 18.9. The van der Waals surface area contributed by atoms with Crippen LogP contribution in [0, 0.1) is 6.92 Å². The summed E-state index contributed by atoms with van der Waals surface area (Å²) in [6, 6.07) is 3.45. The molecule has 130 valence electrons. The number of nitrogens with two attached hydrogens (primary N) is 2. The van der Waals surface area contributed by atoms with Crippen LogP contribution in [0.4, 0.5) is 0 Å². The predicted octanol–water partition coefficient (Wildman–Crippen LogP) is 3.53. The zero-order valence-electron chi connectivity index (χ0n) is 14.0. The summed E-state index contributed by atoms with van der Waals surface area (Å²) in [7, 11) is 1.50. The first-order valence-electron chi connectivity index (χ1n) is 7.10. The number of benzene rings is 1. The van der Waals surface area contributed by atoms with Crippen LogP contribution in [0.2, 0.25) is 10.0 Å². The Kier molecular flexibility index (Phi) is 9.97. The highest BCUT2D eigenvalue weighted by Gasteiger charge is 2.11. The highest BCUT2D eigenvalue weighted by Crippen LogP contribution is 2.26. The molecule has 0 saturated carbocycles. The van der Waals surface area contributed by atoms with Gasteiger partial charge < -0.3 is 11.5 Å². The lowest BCUT2D eigenvalue weighted by Gasteiger charge is -2.07. The van der Waals surface area contributed by atoms with Gasteiger partial charge in [0.2, 0.25) is 0 Å². The second-order valence-electron chi connectivity index (χ2n) is 4.92. The van der Waals surface area contributed by atoms with E-state index < -0.39 is 0 Å². The molecule has 1 rings (SSSR count). The fraction of sp³-hybridized carbons (Fsp3) is 0.222. The number of carbonyl (C=O) groups excluding carboxylic acids is 2. The lowest BCUT2D eigenvalue weighted by Crippen LogP contribution is -2.05. The summed E-state index contributed by atoms with van der Waals surface area (Å²) in [6.45, 7) is 7.15. The van der Waals surface area contributed by atoms with E-state index in [-0.39, 0.29) is 17.8 Å². The Bertz CT molecular complexity index is 669. The number of hydrogen-bond acceptors (Lipinski definition) is 4. The summed E-state index contributed by atoms with van der Waals surface area (Å²) in [5.74, 6) is -0.360. The fourth-order valence-corrected chi connectivity index (χ4v) is 2.38. The van der Waals surface area contributed by atoms with E-state index in [9.17, 15) is 9.59 Å². The topological polar surface area (TPSA) is 86.2 Å². The first-order valence-corrected chi connectivity index (χ1v) is 7.85. The van der Waals surface area contributed by atoms with E-state index in [4.69, 9.17) is 28.9 Å². The normalized spacial score (nSPS) is 11.4. The van der Waals surface area contributed by atoms with Gasteiger partial charge in [0.1, 0.15) is 6.29 Å². The lowest BCUT2D eigenvalue weighted by atomic mass is 10.00. The number of halogens is 2. The van der Waals surface area contributed by atoms with E-state index in [1.165, 1.54) is 19.3 Å². The van der Waals surface area contributed by atoms with Gasteiger partial charge in [0, 0.05) is 33.8 Å². The first kappa shape index (κ1) is 22.1. The Morgan fingerprint density at radius 3 is 2.12 bits per heavy atom. The van der Waals surface area contributed by atoms with Crippen molar-refractivity contribution >= 4 is 35.3 Å². The van der Waals surface area contributed by atoms with Crippen molar-refractivity contribution in [3.05, 3.63) is 68.9 Å². The highest BCUT2D eigenvalue weighted by atomic mass is 35.5. The van der Waals surface area contributed by atoms with Crippen LogP contribution < -0.4 is 11.5 Å². The summed E-state index contributed by atoms with van der Waals surface area (Å²) < 4.78 is 0. The van der Waals surface area contributed by atoms with E-state index >= 15 is 0 Å². The fourth-order valence-electron chi connectivity index (χ4n) is 1.84. The van der Waals surface area contributed by atoms with Crippen molar-refractivity contribution in [2.24, 2.45) is 11.5 Å². The molecule has 0 aromatic heterocycles. The van der Waals surface area contributed by atoms with Crippen LogP contribution in [0.3, 0.4) is 0 Å². The van der Waals surface area contributed by atoms with Gasteiger partial charge in [-0.3, -0.25) is 9.59 Å². The number of ketones is 1. The van der Waals surface area contributed by atoms with Gasteiger partial charge in [-0.25, -0.2) is 0 Å². The number of carbonyl (C=O) groups is 2. The van der Waals surface area contributed by atoms with Gasteiger partial charge in [0.05, 0.1) is 0 Å². The van der Waals surface area contributed by atoms with Gasteiger partial charge in [-0.1, -0.05) is 29.8 Å². The average molecular weight is 369 g/mol. The molecule has 0 amide bonds. The van der Waals surface area contributed by atoms with Crippen molar-refractivity contribution in [3.63, 3.8) is 0 Å². The van der Waals surface area contributed by atoms with E-state index in [0.29, 0.717) is 27.5 Å². The summed E-state index contributed by atoms with van der Waals surface area (Å²) >= 11 is 12.1. The van der Waals surface area contributed by atoms with E-state index in [2.05, 4.69) is 12.3 Å². The number of allylic oxidation sites excluding steroid dienone is 4. The second kappa shape index (κ2) is 10.8. The maximum absolute atomic E-state index is 12.1. The third kappa shape index (κ3) is 6.32. The summed E-state index contributed by atoms with van der Waals surface area (Å²) in [5.41, 5.74) is 12.6. The minimum atomic E-state index is -0.360. The van der Waals surface area contributed by atoms with Crippen molar-refractivity contribution in [1.29, 1.82) is 0 Å². The Balaban J connectivity index is 0.00000254. The Hall–Kier alpha value is -1.88. The van der Waals surface area contributed by atoms with Crippen molar-refractivity contribution in [2.75, 3.05) is 7.05 Å². The van der Waals surface area contributed by atoms with E-state index in [1.807, 2.05) is 0 Å². The maximum Gasteiger partial charge on any atom is 0.187 e. The number of aldehydes is 1. The lowest BCUT2D eigenvalue weighted by molar-refractivity contribution is -0.111. The third-order valence-corrected chi connectivity index (χ3v) is 3.89. The molecule has 0 aliphatic rings. The van der Waals surface area contributed by atoms with E-state index in [1.54, 1.807) is 26.0 Å². The molecule has 0 aliphatic heterocycles. The molecule has 6 heteroatoms. The monoisotopic (exact) mass is 368 g/mol. The van der Waals surface area contributed by atoms with Crippen molar-refractivity contribution < 1.29 is 9.59 Å². The van der Waals surface area contributed by atoms with Crippen LogP contribution in [-0.2, 0) is 16.0 Å². The van der Waals surface area contributed by atoms with Gasteiger partial charge >= 0.3 is 0 Å². The number of rotatable bonds is 6. The molecular formula is C18H22Cl2N2O2. The molecule has 0 fully saturated rings. The quantitative estimate of drug-likeness (QED) is 0.456.